The SMILES string of the molecule is COc1cc(Br)cc(/C=N/N=C2NC(=O)C(CC(=O)O)S2)c1O. The Balaban J connectivity index is 2.12. The number of carboxylic acids is 1. The van der Waals surface area contributed by atoms with Crippen LogP contribution in [-0.4, -0.2) is 45.8 Å². The van der Waals surface area contributed by atoms with E-state index >= 15 is 0 Å². The zero-order valence-electron chi connectivity index (χ0n) is 11.8. The molecule has 0 radical (unpaired) electrons. The normalized spacial score (nSPS) is 19.3. The molecular formula is C13H12BrN3O5S. The zero-order chi connectivity index (χ0) is 17.0. The number of carboxylic acid groups (broad SMARTS) is 1. The third-order valence-corrected chi connectivity index (χ3v) is 4.30. The van der Waals surface area contributed by atoms with Gasteiger partial charge in [0.15, 0.2) is 16.7 Å². The maximum absolute atomic E-state index is 11.5. The second kappa shape index (κ2) is 7.47. The standard InChI is InChI=1S/C13H12BrN3O5S/c1-22-8-3-7(14)2-6(11(8)20)5-15-17-13-16-12(21)9(23-13)4-10(18)19/h2-3,5,9,20H,4H2,1H3,(H,18,19)(H,16,17,21)/b15-5+. The topological polar surface area (TPSA) is 121 Å². The van der Waals surface area contributed by atoms with Crippen LogP contribution in [0.2, 0.25) is 0 Å². The molecule has 1 amide bonds. The van der Waals surface area contributed by atoms with E-state index in [-0.39, 0.29) is 23.1 Å². The van der Waals surface area contributed by atoms with Crippen molar-refractivity contribution in [3.05, 3.63) is 22.2 Å². The van der Waals surface area contributed by atoms with E-state index in [4.69, 9.17) is 9.84 Å². The van der Waals surface area contributed by atoms with E-state index < -0.39 is 17.1 Å². The molecule has 2 rings (SSSR count). The molecule has 1 heterocycles. The van der Waals surface area contributed by atoms with Crippen molar-refractivity contribution >= 4 is 51.0 Å². The van der Waals surface area contributed by atoms with Crippen LogP contribution in [-0.2, 0) is 9.59 Å². The smallest absolute Gasteiger partial charge is 0.305 e. The number of benzene rings is 1. The highest BCUT2D eigenvalue weighted by atomic mass is 79.9. The van der Waals surface area contributed by atoms with Gasteiger partial charge in [0.1, 0.15) is 5.25 Å². The predicted octanol–water partition coefficient (Wildman–Crippen LogP) is 1.56. The van der Waals surface area contributed by atoms with E-state index in [9.17, 15) is 14.7 Å². The van der Waals surface area contributed by atoms with Gasteiger partial charge in [-0.05, 0) is 12.1 Å². The van der Waals surface area contributed by atoms with Crippen LogP contribution in [0.15, 0.2) is 26.8 Å². The fourth-order valence-electron chi connectivity index (χ4n) is 1.74. The number of amides is 1. The average molecular weight is 402 g/mol. The van der Waals surface area contributed by atoms with Crippen LogP contribution in [0.3, 0.4) is 0 Å². The number of amidine groups is 1. The lowest BCUT2D eigenvalue weighted by molar-refractivity contribution is -0.138. The molecule has 1 aliphatic rings. The zero-order valence-corrected chi connectivity index (χ0v) is 14.2. The van der Waals surface area contributed by atoms with E-state index in [1.165, 1.54) is 13.3 Å². The highest BCUT2D eigenvalue weighted by molar-refractivity contribution is 9.10. The Morgan fingerprint density at radius 2 is 2.30 bits per heavy atom. The van der Waals surface area contributed by atoms with Crippen molar-refractivity contribution in [1.29, 1.82) is 0 Å². The van der Waals surface area contributed by atoms with Crippen LogP contribution in [0.5, 0.6) is 11.5 Å². The number of methoxy groups -OCH3 is 1. The number of thioether (sulfide) groups is 1. The number of phenols is 1. The summed E-state index contributed by atoms with van der Waals surface area (Å²) in [6.07, 6.45) is 1.01. The van der Waals surface area contributed by atoms with E-state index in [1.807, 2.05) is 0 Å². The van der Waals surface area contributed by atoms with Gasteiger partial charge in [-0.1, -0.05) is 27.7 Å². The quantitative estimate of drug-likeness (QED) is 0.508. The van der Waals surface area contributed by atoms with Crippen molar-refractivity contribution in [2.45, 2.75) is 11.7 Å². The summed E-state index contributed by atoms with van der Waals surface area (Å²) in [5.41, 5.74) is 0.372. The van der Waals surface area contributed by atoms with Crippen molar-refractivity contribution in [1.82, 2.24) is 5.32 Å². The summed E-state index contributed by atoms with van der Waals surface area (Å²) in [7, 11) is 1.43. The molecule has 1 aliphatic heterocycles. The van der Waals surface area contributed by atoms with Gasteiger partial charge in [0.05, 0.1) is 19.7 Å². The number of ether oxygens (including phenoxy) is 1. The summed E-state index contributed by atoms with van der Waals surface area (Å²) in [6.45, 7) is 0. The highest BCUT2D eigenvalue weighted by Crippen LogP contribution is 2.32. The minimum Gasteiger partial charge on any atom is -0.504 e. The molecule has 1 unspecified atom stereocenters. The lowest BCUT2D eigenvalue weighted by Crippen LogP contribution is -2.26. The minimum atomic E-state index is -1.06. The second-order valence-corrected chi connectivity index (χ2v) is 6.50. The third kappa shape index (κ3) is 4.45. The Kier molecular flexibility index (Phi) is 5.61. The Hall–Kier alpha value is -2.07. The Morgan fingerprint density at radius 3 is 2.96 bits per heavy atom. The van der Waals surface area contributed by atoms with Gasteiger partial charge in [-0.2, -0.15) is 5.10 Å². The summed E-state index contributed by atoms with van der Waals surface area (Å²) in [5.74, 6) is -1.29. The first-order valence-corrected chi connectivity index (χ1v) is 7.94. The summed E-state index contributed by atoms with van der Waals surface area (Å²) < 4.78 is 5.70. The summed E-state index contributed by atoms with van der Waals surface area (Å²) in [4.78, 5) is 22.2. The first kappa shape index (κ1) is 17.3. The van der Waals surface area contributed by atoms with Crippen LogP contribution >= 0.6 is 27.7 Å². The molecule has 0 bridgehead atoms. The molecule has 10 heteroatoms. The third-order valence-electron chi connectivity index (χ3n) is 2.77. The first-order chi connectivity index (χ1) is 10.9. The number of phenolic OH excluding ortho intramolecular Hbond substituents is 1. The van der Waals surface area contributed by atoms with Crippen molar-refractivity contribution in [3.63, 3.8) is 0 Å². The van der Waals surface area contributed by atoms with Gasteiger partial charge in [0.2, 0.25) is 5.91 Å². The number of carbonyl (C=O) groups excluding carboxylic acids is 1. The van der Waals surface area contributed by atoms with Crippen LogP contribution in [0, 0.1) is 0 Å². The highest BCUT2D eigenvalue weighted by Gasteiger charge is 2.32. The van der Waals surface area contributed by atoms with Crippen LogP contribution in [0.25, 0.3) is 0 Å². The molecule has 1 aromatic rings. The summed E-state index contributed by atoms with van der Waals surface area (Å²) >= 11 is 4.27. The van der Waals surface area contributed by atoms with E-state index in [0.717, 1.165) is 11.8 Å². The Bertz CT molecular complexity index is 707. The monoisotopic (exact) mass is 401 g/mol. The number of rotatable bonds is 5. The first-order valence-electron chi connectivity index (χ1n) is 6.27. The number of carbonyl (C=O) groups is 2. The molecule has 1 aromatic carbocycles. The molecule has 8 nitrogen and oxygen atoms in total. The van der Waals surface area contributed by atoms with Crippen LogP contribution in [0.1, 0.15) is 12.0 Å². The molecule has 23 heavy (non-hydrogen) atoms. The Morgan fingerprint density at radius 1 is 1.57 bits per heavy atom. The summed E-state index contributed by atoms with van der Waals surface area (Å²) in [5, 5.41) is 28.2. The number of halogens is 1. The largest absolute Gasteiger partial charge is 0.504 e. The lowest BCUT2D eigenvalue weighted by atomic mass is 10.2. The molecule has 0 saturated carbocycles. The summed E-state index contributed by atoms with van der Waals surface area (Å²) in [6, 6.07) is 3.22. The number of nitrogens with one attached hydrogen (secondary N) is 1. The average Bonchev–Trinajstić information content (AvgIpc) is 2.81. The van der Waals surface area contributed by atoms with Gasteiger partial charge in [0.25, 0.3) is 0 Å². The van der Waals surface area contributed by atoms with E-state index in [1.54, 1.807) is 12.1 Å². The molecule has 122 valence electrons. The van der Waals surface area contributed by atoms with E-state index in [2.05, 4.69) is 31.4 Å². The van der Waals surface area contributed by atoms with Crippen molar-refractivity contribution in [2.75, 3.05) is 7.11 Å². The number of aliphatic carboxylic acids is 1. The number of nitrogens with zero attached hydrogens (tertiary/aromatic N) is 2. The molecule has 1 atom stereocenters. The minimum absolute atomic E-state index is 0.0912. The number of hydrogen-bond donors (Lipinski definition) is 3. The molecule has 0 spiro atoms. The maximum Gasteiger partial charge on any atom is 0.305 e. The molecule has 1 saturated heterocycles. The number of aromatic hydroxyl groups is 1. The maximum atomic E-state index is 11.5. The van der Waals surface area contributed by atoms with Gasteiger partial charge in [0, 0.05) is 10.0 Å². The molecular weight excluding hydrogens is 390 g/mol. The van der Waals surface area contributed by atoms with Crippen LogP contribution < -0.4 is 10.1 Å². The molecule has 0 aromatic heterocycles. The molecule has 0 aliphatic carbocycles. The van der Waals surface area contributed by atoms with Gasteiger partial charge in [-0.15, -0.1) is 5.10 Å². The second-order valence-electron chi connectivity index (χ2n) is 4.39. The molecule has 3 N–H and O–H groups in total. The van der Waals surface area contributed by atoms with Gasteiger partial charge in [-0.3, -0.25) is 9.59 Å². The van der Waals surface area contributed by atoms with Crippen molar-refractivity contribution in [3.8, 4) is 11.5 Å². The van der Waals surface area contributed by atoms with Gasteiger partial charge in [-0.25, -0.2) is 0 Å². The fraction of sp³-hybridized carbons (Fsp3) is 0.231. The Labute approximate surface area is 143 Å². The molecule has 1 fully saturated rings. The van der Waals surface area contributed by atoms with Gasteiger partial charge < -0.3 is 20.3 Å². The van der Waals surface area contributed by atoms with Crippen molar-refractivity contribution < 1.29 is 24.5 Å². The van der Waals surface area contributed by atoms with Crippen molar-refractivity contribution in [2.24, 2.45) is 10.2 Å². The van der Waals surface area contributed by atoms with Gasteiger partial charge >= 0.3 is 5.97 Å². The fourth-order valence-corrected chi connectivity index (χ4v) is 3.11. The lowest BCUT2D eigenvalue weighted by Gasteiger charge is -2.06. The van der Waals surface area contributed by atoms with E-state index in [0.29, 0.717) is 10.0 Å². The predicted molar refractivity (Wildman–Crippen MR) is 89.2 cm³/mol. The number of hydrogen-bond acceptors (Lipinski definition) is 7. The van der Waals surface area contributed by atoms with Crippen LogP contribution in [0.4, 0.5) is 0 Å².